The zero-order valence-electron chi connectivity index (χ0n) is 9.27. The van der Waals surface area contributed by atoms with Gasteiger partial charge in [0.2, 0.25) is 0 Å². The number of rotatable bonds is 4. The highest BCUT2D eigenvalue weighted by Gasteiger charge is 2.26. The van der Waals surface area contributed by atoms with E-state index >= 15 is 0 Å². The average molecular weight is 252 g/mol. The maximum absolute atomic E-state index is 11.9. The quantitative estimate of drug-likeness (QED) is 0.854. The van der Waals surface area contributed by atoms with E-state index < -0.39 is 18.7 Å². The smallest absolute Gasteiger partial charge is 0.388 e. The summed E-state index contributed by atoms with van der Waals surface area (Å²) >= 11 is 1.45. The molecule has 5 heteroatoms. The zero-order valence-corrected chi connectivity index (χ0v) is 10.1. The van der Waals surface area contributed by atoms with Crippen molar-refractivity contribution in [3.05, 3.63) is 21.4 Å². The lowest BCUT2D eigenvalue weighted by Gasteiger charge is -2.09. The summed E-state index contributed by atoms with van der Waals surface area (Å²) in [5.41, 5.74) is 1.08. The average Bonchev–Trinajstić information content (AvgIpc) is 2.45. The van der Waals surface area contributed by atoms with Crippen LogP contribution in [0.2, 0.25) is 0 Å². The Labute approximate surface area is 96.9 Å². The van der Waals surface area contributed by atoms with Crippen LogP contribution >= 0.6 is 11.3 Å². The zero-order chi connectivity index (χ0) is 12.3. The molecule has 1 nitrogen and oxygen atoms in total. The molecule has 16 heavy (non-hydrogen) atoms. The van der Waals surface area contributed by atoms with E-state index in [0.717, 1.165) is 15.3 Å². The molecule has 1 rings (SSSR count). The summed E-state index contributed by atoms with van der Waals surface area (Å²) in [5.74, 6) is 0. The minimum absolute atomic E-state index is 0.0271. The molecule has 0 aliphatic heterocycles. The van der Waals surface area contributed by atoms with Crippen LogP contribution < -0.4 is 0 Å². The summed E-state index contributed by atoms with van der Waals surface area (Å²) in [4.78, 5) is 1.86. The highest BCUT2D eigenvalue weighted by Crippen LogP contribution is 2.31. The third kappa shape index (κ3) is 4.14. The van der Waals surface area contributed by atoms with Crippen LogP contribution in [-0.4, -0.2) is 11.3 Å². The van der Waals surface area contributed by atoms with Gasteiger partial charge in [0.25, 0.3) is 0 Å². The van der Waals surface area contributed by atoms with Gasteiger partial charge in [-0.3, -0.25) is 0 Å². The predicted molar refractivity (Wildman–Crippen MR) is 58.7 cm³/mol. The molecule has 0 fully saturated rings. The summed E-state index contributed by atoms with van der Waals surface area (Å²) in [5, 5.41) is 9.70. The summed E-state index contributed by atoms with van der Waals surface area (Å²) in [7, 11) is 0. The lowest BCUT2D eigenvalue weighted by molar-refractivity contribution is -0.136. The second kappa shape index (κ2) is 5.19. The topological polar surface area (TPSA) is 20.2 Å². The maximum Gasteiger partial charge on any atom is 0.389 e. The molecule has 0 spiro atoms. The maximum atomic E-state index is 11.9. The summed E-state index contributed by atoms with van der Waals surface area (Å²) in [6.45, 7) is 3.86. The first kappa shape index (κ1) is 13.5. The largest absolute Gasteiger partial charge is 0.389 e. The molecule has 0 aromatic carbocycles. The van der Waals surface area contributed by atoms with Gasteiger partial charge in [-0.1, -0.05) is 0 Å². The summed E-state index contributed by atoms with van der Waals surface area (Å²) in [6.07, 6.45) is -5.58. The molecular weight excluding hydrogens is 237 g/mol. The van der Waals surface area contributed by atoms with Gasteiger partial charge in [-0.05, 0) is 38.3 Å². The first-order valence-electron chi connectivity index (χ1n) is 5.11. The SMILES string of the molecule is Cc1cc(C(O)CCCC(F)(F)F)sc1C. The Morgan fingerprint density at radius 2 is 2.00 bits per heavy atom. The van der Waals surface area contributed by atoms with Crippen molar-refractivity contribution in [1.82, 2.24) is 0 Å². The molecule has 0 amide bonds. The molecule has 0 saturated heterocycles. The van der Waals surface area contributed by atoms with Crippen molar-refractivity contribution >= 4 is 11.3 Å². The van der Waals surface area contributed by atoms with Crippen molar-refractivity contribution < 1.29 is 18.3 Å². The fourth-order valence-corrected chi connectivity index (χ4v) is 2.47. The highest BCUT2D eigenvalue weighted by molar-refractivity contribution is 7.12. The molecular formula is C11H15F3OS. The molecule has 1 aromatic rings. The number of thiophene rings is 1. The molecule has 0 aliphatic rings. The third-order valence-electron chi connectivity index (χ3n) is 2.45. The molecule has 1 N–H and O–H groups in total. The molecule has 1 atom stereocenters. The molecule has 0 aliphatic carbocycles. The van der Waals surface area contributed by atoms with Gasteiger partial charge in [0.1, 0.15) is 0 Å². The van der Waals surface area contributed by atoms with Gasteiger partial charge in [0.05, 0.1) is 6.10 Å². The Morgan fingerprint density at radius 3 is 2.44 bits per heavy atom. The van der Waals surface area contributed by atoms with Crippen LogP contribution in [0, 0.1) is 13.8 Å². The van der Waals surface area contributed by atoms with Gasteiger partial charge in [0.15, 0.2) is 0 Å². The van der Waals surface area contributed by atoms with Crippen molar-refractivity contribution in [3.63, 3.8) is 0 Å². The van der Waals surface area contributed by atoms with Crippen LogP contribution in [0.1, 0.15) is 40.7 Å². The molecule has 92 valence electrons. The van der Waals surface area contributed by atoms with Crippen molar-refractivity contribution in [2.45, 2.75) is 45.4 Å². The molecule has 0 bridgehead atoms. The lowest BCUT2D eigenvalue weighted by Crippen LogP contribution is -2.07. The van der Waals surface area contributed by atoms with Gasteiger partial charge in [-0.25, -0.2) is 0 Å². The van der Waals surface area contributed by atoms with Crippen LogP contribution in [0.15, 0.2) is 6.07 Å². The number of aryl methyl sites for hydroxylation is 2. The minimum Gasteiger partial charge on any atom is -0.388 e. The van der Waals surface area contributed by atoms with Crippen molar-refractivity contribution in [3.8, 4) is 0 Å². The van der Waals surface area contributed by atoms with E-state index in [1.807, 2.05) is 19.9 Å². The van der Waals surface area contributed by atoms with Gasteiger partial charge in [-0.15, -0.1) is 11.3 Å². The fourth-order valence-electron chi connectivity index (χ4n) is 1.40. The van der Waals surface area contributed by atoms with Crippen LogP contribution in [-0.2, 0) is 0 Å². The summed E-state index contributed by atoms with van der Waals surface area (Å²) in [6, 6.07) is 1.85. The Kier molecular flexibility index (Phi) is 4.38. The Bertz CT molecular complexity index is 324. The van der Waals surface area contributed by atoms with Gasteiger partial charge < -0.3 is 5.11 Å². The highest BCUT2D eigenvalue weighted by atomic mass is 32.1. The van der Waals surface area contributed by atoms with E-state index in [0.29, 0.717) is 0 Å². The number of hydrogen-bond donors (Lipinski definition) is 1. The second-order valence-electron chi connectivity index (χ2n) is 3.91. The van der Waals surface area contributed by atoms with Crippen LogP contribution in [0.5, 0.6) is 0 Å². The van der Waals surface area contributed by atoms with Crippen LogP contribution in [0.4, 0.5) is 13.2 Å². The second-order valence-corrected chi connectivity index (χ2v) is 5.20. The first-order chi connectivity index (χ1) is 7.29. The van der Waals surface area contributed by atoms with Gasteiger partial charge in [-0.2, -0.15) is 13.2 Å². The van der Waals surface area contributed by atoms with E-state index in [2.05, 4.69) is 0 Å². The first-order valence-corrected chi connectivity index (χ1v) is 5.93. The van der Waals surface area contributed by atoms with Gasteiger partial charge >= 0.3 is 6.18 Å². The van der Waals surface area contributed by atoms with Crippen LogP contribution in [0.25, 0.3) is 0 Å². The summed E-state index contributed by atoms with van der Waals surface area (Å²) < 4.78 is 35.7. The number of alkyl halides is 3. The number of halogens is 3. The predicted octanol–water partition coefficient (Wildman–Crippen LogP) is 4.13. The van der Waals surface area contributed by atoms with Gasteiger partial charge in [0, 0.05) is 16.2 Å². The molecule has 0 radical (unpaired) electrons. The molecule has 1 unspecified atom stereocenters. The Morgan fingerprint density at radius 1 is 1.38 bits per heavy atom. The van der Waals surface area contributed by atoms with E-state index in [9.17, 15) is 18.3 Å². The lowest BCUT2D eigenvalue weighted by atomic mass is 10.1. The van der Waals surface area contributed by atoms with E-state index in [1.165, 1.54) is 11.3 Å². The van der Waals surface area contributed by atoms with E-state index in [1.54, 1.807) is 0 Å². The Balaban J connectivity index is 2.44. The number of aliphatic hydroxyl groups excluding tert-OH is 1. The molecule has 0 saturated carbocycles. The third-order valence-corrected chi connectivity index (χ3v) is 3.71. The number of aliphatic hydroxyl groups is 1. The van der Waals surface area contributed by atoms with Crippen molar-refractivity contribution in [2.75, 3.05) is 0 Å². The van der Waals surface area contributed by atoms with Crippen LogP contribution in [0.3, 0.4) is 0 Å². The fraction of sp³-hybridized carbons (Fsp3) is 0.636. The molecule has 1 aromatic heterocycles. The normalized spacial score (nSPS) is 14.1. The monoisotopic (exact) mass is 252 g/mol. The van der Waals surface area contributed by atoms with Crippen molar-refractivity contribution in [2.24, 2.45) is 0 Å². The standard InChI is InChI=1S/C11H15F3OS/c1-7-6-10(16-8(7)2)9(15)4-3-5-11(12,13)14/h6,9,15H,3-5H2,1-2H3. The van der Waals surface area contributed by atoms with E-state index in [-0.39, 0.29) is 12.8 Å². The Hall–Kier alpha value is -0.550. The number of hydrogen-bond acceptors (Lipinski definition) is 2. The van der Waals surface area contributed by atoms with Crippen molar-refractivity contribution in [1.29, 1.82) is 0 Å². The minimum atomic E-state index is -4.12. The van der Waals surface area contributed by atoms with E-state index in [4.69, 9.17) is 0 Å². The molecule has 1 heterocycles.